The van der Waals surface area contributed by atoms with Crippen LogP contribution in [0, 0.1) is 0 Å². The predicted molar refractivity (Wildman–Crippen MR) is 138 cm³/mol. The number of amides is 2. The van der Waals surface area contributed by atoms with Crippen molar-refractivity contribution in [2.75, 3.05) is 12.3 Å². The van der Waals surface area contributed by atoms with Crippen LogP contribution >= 0.6 is 23.5 Å². The van der Waals surface area contributed by atoms with Crippen molar-refractivity contribution in [3.8, 4) is 11.1 Å². The Morgan fingerprint density at radius 2 is 1.69 bits per heavy atom. The van der Waals surface area contributed by atoms with Crippen molar-refractivity contribution < 1.29 is 19.5 Å². The van der Waals surface area contributed by atoms with Crippen LogP contribution in [0.5, 0.6) is 0 Å². The van der Waals surface area contributed by atoms with E-state index in [-0.39, 0.29) is 30.2 Å². The third kappa shape index (κ3) is 4.81. The van der Waals surface area contributed by atoms with Gasteiger partial charge in [-0.25, -0.2) is 0 Å². The average Bonchev–Trinajstić information content (AvgIpc) is 2.88. The second-order valence-electron chi connectivity index (χ2n) is 8.67. The molecule has 0 aliphatic carbocycles. The Kier molecular flexibility index (Phi) is 6.58. The first kappa shape index (κ1) is 23.5. The number of carbonyl (C=O) groups excluding carboxylic acids is 2. The first-order valence-electron chi connectivity index (χ1n) is 11.3. The summed E-state index contributed by atoms with van der Waals surface area (Å²) in [4.78, 5) is 40.2. The third-order valence-electron chi connectivity index (χ3n) is 6.22. The van der Waals surface area contributed by atoms with Crippen molar-refractivity contribution in [1.82, 2.24) is 10.2 Å². The van der Waals surface area contributed by atoms with Gasteiger partial charge in [-0.05, 0) is 28.8 Å². The fourth-order valence-corrected chi connectivity index (χ4v) is 7.29. The minimum absolute atomic E-state index is 0.101. The number of benzene rings is 3. The van der Waals surface area contributed by atoms with Gasteiger partial charge in [-0.1, -0.05) is 72.8 Å². The van der Waals surface area contributed by atoms with E-state index < -0.39 is 16.8 Å². The minimum atomic E-state index is -1.16. The molecule has 0 aromatic heterocycles. The second kappa shape index (κ2) is 9.79. The van der Waals surface area contributed by atoms with Crippen LogP contribution in [-0.4, -0.2) is 56.3 Å². The van der Waals surface area contributed by atoms with Crippen LogP contribution in [0.4, 0.5) is 0 Å². The van der Waals surface area contributed by atoms with E-state index in [1.165, 1.54) is 23.5 Å². The lowest BCUT2D eigenvalue weighted by molar-refractivity contribution is -0.152. The van der Waals surface area contributed by atoms with Crippen molar-refractivity contribution in [2.24, 2.45) is 0 Å². The number of fused-ring (bicyclic) bond motifs is 1. The summed E-state index contributed by atoms with van der Waals surface area (Å²) in [5.74, 6) is -1.05. The van der Waals surface area contributed by atoms with Gasteiger partial charge in [0.05, 0.1) is 6.42 Å². The van der Waals surface area contributed by atoms with Crippen LogP contribution in [0.2, 0.25) is 0 Å². The Bertz CT molecular complexity index is 1250. The molecule has 2 aliphatic heterocycles. The average molecular weight is 505 g/mol. The summed E-state index contributed by atoms with van der Waals surface area (Å²) >= 11 is 2.70. The van der Waals surface area contributed by atoms with E-state index in [4.69, 9.17) is 0 Å². The summed E-state index contributed by atoms with van der Waals surface area (Å²) in [6.45, 7) is 0.101. The number of hydrogen-bond donors (Lipinski definition) is 2. The maximum Gasteiger partial charge on any atom is 0.322 e. The second-order valence-corrected chi connectivity index (χ2v) is 11.2. The summed E-state index contributed by atoms with van der Waals surface area (Å²) in [5.41, 5.74) is 2.95. The highest BCUT2D eigenvalue weighted by atomic mass is 32.2. The van der Waals surface area contributed by atoms with Gasteiger partial charge in [-0.3, -0.25) is 14.4 Å². The van der Waals surface area contributed by atoms with Crippen molar-refractivity contribution in [1.29, 1.82) is 0 Å². The Balaban J connectivity index is 1.27. The van der Waals surface area contributed by atoms with Crippen molar-refractivity contribution in [3.05, 3.63) is 90.5 Å². The van der Waals surface area contributed by atoms with E-state index >= 15 is 0 Å². The molecular weight excluding hydrogens is 480 g/mol. The summed E-state index contributed by atoms with van der Waals surface area (Å²) in [6, 6.07) is 26.5. The largest absolute Gasteiger partial charge is 0.480 e. The van der Waals surface area contributed by atoms with E-state index in [1.54, 1.807) is 4.90 Å². The molecule has 35 heavy (non-hydrogen) atoms. The van der Waals surface area contributed by atoms with Gasteiger partial charge < -0.3 is 15.3 Å². The van der Waals surface area contributed by atoms with Gasteiger partial charge in [0, 0.05) is 17.2 Å². The number of rotatable bonds is 7. The highest BCUT2D eigenvalue weighted by Gasteiger charge is 2.57. The fraction of sp³-hybridized carbons (Fsp3) is 0.222. The highest BCUT2D eigenvalue weighted by molar-refractivity contribution is 8.05. The van der Waals surface area contributed by atoms with E-state index in [0.717, 1.165) is 21.6 Å². The summed E-state index contributed by atoms with van der Waals surface area (Å²) in [7, 11) is 0. The van der Waals surface area contributed by atoms with Gasteiger partial charge in [0.1, 0.15) is 16.2 Å². The van der Waals surface area contributed by atoms with E-state index in [9.17, 15) is 19.5 Å². The molecule has 3 aromatic rings. The number of nitrogens with zero attached hydrogens (tertiary/aromatic N) is 1. The molecule has 2 saturated heterocycles. The van der Waals surface area contributed by atoms with Gasteiger partial charge >= 0.3 is 5.97 Å². The lowest BCUT2D eigenvalue weighted by atomic mass is 10.0. The number of carboxylic acids is 1. The van der Waals surface area contributed by atoms with Crippen LogP contribution in [0.15, 0.2) is 89.8 Å². The van der Waals surface area contributed by atoms with Gasteiger partial charge in [0.2, 0.25) is 11.8 Å². The summed E-state index contributed by atoms with van der Waals surface area (Å²) < 4.78 is -1.16. The monoisotopic (exact) mass is 504 g/mol. The Hall–Kier alpha value is -3.23. The van der Waals surface area contributed by atoms with E-state index in [0.29, 0.717) is 5.75 Å². The number of nitrogens with one attached hydrogen (secondary N) is 1. The molecule has 0 spiro atoms. The Morgan fingerprint density at radius 1 is 1.00 bits per heavy atom. The Morgan fingerprint density at radius 3 is 2.40 bits per heavy atom. The molecule has 2 unspecified atom stereocenters. The molecule has 6 nitrogen and oxygen atoms in total. The van der Waals surface area contributed by atoms with Crippen LogP contribution in [-0.2, 0) is 20.8 Å². The molecular formula is C27H24N2O4S2. The SMILES string of the molecule is O=C(Cc1ccccc1)NC1C(=O)N2CC(Sc3cccc(-c4ccccc4)c3)(C(=O)O)CS[C@H]12. The van der Waals surface area contributed by atoms with Crippen LogP contribution in [0.25, 0.3) is 11.1 Å². The molecule has 3 aromatic carbocycles. The Labute approximate surface area is 212 Å². The molecule has 0 radical (unpaired) electrons. The van der Waals surface area contributed by atoms with E-state index in [2.05, 4.69) is 5.32 Å². The normalized spacial score (nSPS) is 23.2. The number of carboxylic acid groups (broad SMARTS) is 1. The molecule has 0 saturated carbocycles. The maximum absolute atomic E-state index is 12.9. The zero-order valence-corrected chi connectivity index (χ0v) is 20.4. The molecule has 0 bridgehead atoms. The highest BCUT2D eigenvalue weighted by Crippen LogP contribution is 2.46. The van der Waals surface area contributed by atoms with E-state index in [1.807, 2.05) is 84.9 Å². The standard InChI is InChI=1S/C27H24N2O4S2/c30-22(14-18-8-3-1-4-9-18)28-23-24(31)29-16-27(26(32)33,17-34-25(23)29)35-21-13-7-12-20(15-21)19-10-5-2-6-11-19/h1-13,15,23,25H,14,16-17H2,(H,28,30)(H,32,33)/t23?,25-,27?/m1/s1. The van der Waals surface area contributed by atoms with Crippen molar-refractivity contribution in [3.63, 3.8) is 0 Å². The fourth-order valence-electron chi connectivity index (χ4n) is 4.39. The molecule has 3 atom stereocenters. The van der Waals surface area contributed by atoms with Gasteiger partial charge in [-0.2, -0.15) is 0 Å². The molecule has 2 amide bonds. The van der Waals surface area contributed by atoms with Crippen LogP contribution in [0.3, 0.4) is 0 Å². The molecule has 2 N–H and O–H groups in total. The number of thioether (sulfide) groups is 2. The quantitative estimate of drug-likeness (QED) is 0.475. The topological polar surface area (TPSA) is 86.7 Å². The van der Waals surface area contributed by atoms with Crippen molar-refractivity contribution >= 4 is 41.3 Å². The smallest absolute Gasteiger partial charge is 0.322 e. The lowest BCUT2D eigenvalue weighted by Crippen LogP contribution is -2.74. The first-order chi connectivity index (χ1) is 16.9. The molecule has 5 rings (SSSR count). The van der Waals surface area contributed by atoms with Gasteiger partial charge in [0.15, 0.2) is 0 Å². The predicted octanol–water partition coefficient (Wildman–Crippen LogP) is 3.91. The number of β-lactam (4-membered cyclic amide) rings is 1. The van der Waals surface area contributed by atoms with Crippen molar-refractivity contribution in [2.45, 2.75) is 27.5 Å². The molecule has 2 aliphatic rings. The molecule has 178 valence electrons. The van der Waals surface area contributed by atoms with Crippen LogP contribution in [0.1, 0.15) is 5.56 Å². The number of aliphatic carboxylic acids is 1. The number of carbonyl (C=O) groups is 3. The minimum Gasteiger partial charge on any atom is -0.480 e. The zero-order chi connectivity index (χ0) is 24.4. The van der Waals surface area contributed by atoms with Gasteiger partial charge in [-0.15, -0.1) is 23.5 Å². The first-order valence-corrected chi connectivity index (χ1v) is 13.1. The summed E-state index contributed by atoms with van der Waals surface area (Å²) in [6.07, 6.45) is 0.203. The maximum atomic E-state index is 12.9. The summed E-state index contributed by atoms with van der Waals surface area (Å²) in [5, 5.41) is 12.8. The molecule has 8 heteroatoms. The zero-order valence-electron chi connectivity index (χ0n) is 18.8. The van der Waals surface area contributed by atoms with Crippen LogP contribution < -0.4 is 5.32 Å². The lowest BCUT2D eigenvalue weighted by Gasteiger charge is -2.53. The third-order valence-corrected chi connectivity index (χ3v) is 9.26. The van der Waals surface area contributed by atoms with Gasteiger partial charge in [0.25, 0.3) is 0 Å². The molecule has 2 fully saturated rings. The number of hydrogen-bond acceptors (Lipinski definition) is 5. The molecule has 2 heterocycles.